The van der Waals surface area contributed by atoms with Crippen molar-refractivity contribution in [2.45, 2.75) is 6.18 Å². The number of hydrogen-bond acceptors (Lipinski definition) is 7. The normalized spacial score (nSPS) is 12.8. The smallest absolute Gasteiger partial charge is 0.416 e. The number of hydrogen-bond donors (Lipinski definition) is 5. The standard InChI is InChI=1S/C15H14F3N5O3/c16-15(17,18)9-3-1-8(2-4-9)11-7-26-14(21-11)22-12(20)6-5-10(19)13(24)23-25/h1-7,25H,19-20H2,(H,21,22)(H,23,24)/b10-5-,12-6+. The highest BCUT2D eigenvalue weighted by molar-refractivity contribution is 5.91. The lowest BCUT2D eigenvalue weighted by Gasteiger charge is -2.06. The van der Waals surface area contributed by atoms with Crippen LogP contribution in [0.2, 0.25) is 0 Å². The van der Waals surface area contributed by atoms with Crippen molar-refractivity contribution in [1.29, 1.82) is 0 Å². The van der Waals surface area contributed by atoms with E-state index in [-0.39, 0.29) is 17.5 Å². The number of hydroxylamine groups is 1. The molecule has 2 rings (SSSR count). The summed E-state index contributed by atoms with van der Waals surface area (Å²) in [5, 5.41) is 11.0. The minimum atomic E-state index is -4.42. The van der Waals surface area contributed by atoms with Crippen molar-refractivity contribution < 1.29 is 27.6 Å². The van der Waals surface area contributed by atoms with Gasteiger partial charge in [-0.15, -0.1) is 0 Å². The van der Waals surface area contributed by atoms with Gasteiger partial charge in [0.05, 0.1) is 11.3 Å². The second-order valence-electron chi connectivity index (χ2n) is 4.92. The van der Waals surface area contributed by atoms with Crippen LogP contribution in [-0.4, -0.2) is 16.1 Å². The fourth-order valence-corrected chi connectivity index (χ4v) is 1.78. The van der Waals surface area contributed by atoms with Gasteiger partial charge in [-0.1, -0.05) is 12.1 Å². The molecule has 0 fully saturated rings. The van der Waals surface area contributed by atoms with Crippen LogP contribution >= 0.6 is 0 Å². The van der Waals surface area contributed by atoms with Gasteiger partial charge in [-0.3, -0.25) is 15.3 Å². The highest BCUT2D eigenvalue weighted by Gasteiger charge is 2.30. The summed E-state index contributed by atoms with van der Waals surface area (Å²) in [6.07, 6.45) is -0.821. The van der Waals surface area contributed by atoms with E-state index in [1.54, 1.807) is 0 Å². The molecule has 0 aliphatic heterocycles. The molecular formula is C15H14F3N5O3. The number of benzene rings is 1. The van der Waals surface area contributed by atoms with Crippen LogP contribution in [0.4, 0.5) is 19.2 Å². The zero-order valence-corrected chi connectivity index (χ0v) is 13.0. The number of alkyl halides is 3. The third-order valence-corrected chi connectivity index (χ3v) is 3.07. The van der Waals surface area contributed by atoms with E-state index in [1.807, 2.05) is 0 Å². The van der Waals surface area contributed by atoms with Crippen molar-refractivity contribution in [1.82, 2.24) is 10.5 Å². The Morgan fingerprint density at radius 3 is 2.42 bits per heavy atom. The van der Waals surface area contributed by atoms with Crippen LogP contribution in [0, 0.1) is 0 Å². The number of aromatic nitrogens is 1. The van der Waals surface area contributed by atoms with E-state index in [0.29, 0.717) is 11.3 Å². The van der Waals surface area contributed by atoms with Gasteiger partial charge in [-0.25, -0.2) is 5.48 Å². The lowest BCUT2D eigenvalue weighted by atomic mass is 10.1. The summed E-state index contributed by atoms with van der Waals surface area (Å²) in [4.78, 5) is 15.0. The van der Waals surface area contributed by atoms with Crippen molar-refractivity contribution in [2.24, 2.45) is 11.5 Å². The van der Waals surface area contributed by atoms with Crippen LogP contribution in [0.5, 0.6) is 0 Å². The van der Waals surface area contributed by atoms with Crippen LogP contribution in [-0.2, 0) is 11.0 Å². The van der Waals surface area contributed by atoms with Crippen molar-refractivity contribution in [3.05, 3.63) is 59.8 Å². The van der Waals surface area contributed by atoms with Gasteiger partial charge in [0, 0.05) is 5.56 Å². The first-order chi connectivity index (χ1) is 12.2. The molecule has 7 N–H and O–H groups in total. The molecule has 0 saturated carbocycles. The Hall–Kier alpha value is -3.47. The average molecular weight is 369 g/mol. The van der Waals surface area contributed by atoms with E-state index < -0.39 is 17.6 Å². The minimum absolute atomic E-state index is 0.0134. The molecule has 11 heteroatoms. The Morgan fingerprint density at radius 1 is 1.19 bits per heavy atom. The largest absolute Gasteiger partial charge is 0.431 e. The lowest BCUT2D eigenvalue weighted by molar-refractivity contribution is -0.137. The van der Waals surface area contributed by atoms with Crippen LogP contribution in [0.25, 0.3) is 11.3 Å². The van der Waals surface area contributed by atoms with E-state index in [1.165, 1.54) is 30.0 Å². The molecule has 0 unspecified atom stereocenters. The molecular weight excluding hydrogens is 355 g/mol. The highest BCUT2D eigenvalue weighted by atomic mass is 19.4. The highest BCUT2D eigenvalue weighted by Crippen LogP contribution is 2.31. The maximum absolute atomic E-state index is 12.6. The van der Waals surface area contributed by atoms with Crippen LogP contribution in [0.15, 0.2) is 58.6 Å². The number of nitrogens with two attached hydrogens (primary N) is 2. The van der Waals surface area contributed by atoms with Crippen LogP contribution in [0.3, 0.4) is 0 Å². The van der Waals surface area contributed by atoms with Crippen LogP contribution < -0.4 is 22.3 Å². The second kappa shape index (κ2) is 7.61. The molecule has 0 bridgehead atoms. The zero-order valence-electron chi connectivity index (χ0n) is 13.0. The Balaban J connectivity index is 2.09. The van der Waals surface area contributed by atoms with Crippen molar-refractivity contribution in [2.75, 3.05) is 5.32 Å². The number of carbonyl (C=O) groups excluding carboxylic acids is 1. The minimum Gasteiger partial charge on any atom is -0.431 e. The van der Waals surface area contributed by atoms with E-state index in [2.05, 4.69) is 10.3 Å². The summed E-state index contributed by atoms with van der Waals surface area (Å²) in [5.41, 5.74) is 12.0. The zero-order chi connectivity index (χ0) is 19.3. The van der Waals surface area contributed by atoms with Gasteiger partial charge in [0.25, 0.3) is 5.91 Å². The first-order valence-electron chi connectivity index (χ1n) is 6.98. The lowest BCUT2D eigenvalue weighted by Crippen LogP contribution is -2.25. The van der Waals surface area contributed by atoms with E-state index in [9.17, 15) is 18.0 Å². The molecule has 1 heterocycles. The van der Waals surface area contributed by atoms with E-state index in [4.69, 9.17) is 21.1 Å². The fraction of sp³-hybridized carbons (Fsp3) is 0.0667. The molecule has 2 aromatic rings. The van der Waals surface area contributed by atoms with Gasteiger partial charge >= 0.3 is 12.2 Å². The van der Waals surface area contributed by atoms with Crippen molar-refractivity contribution >= 4 is 11.9 Å². The molecule has 1 amide bonds. The molecule has 0 saturated heterocycles. The first kappa shape index (κ1) is 18.9. The summed E-state index contributed by atoms with van der Waals surface area (Å²) in [7, 11) is 0. The Morgan fingerprint density at radius 2 is 1.85 bits per heavy atom. The molecule has 0 aliphatic rings. The quantitative estimate of drug-likeness (QED) is 0.235. The molecule has 138 valence electrons. The number of halogens is 3. The third-order valence-electron chi connectivity index (χ3n) is 3.07. The number of oxazole rings is 1. The van der Waals surface area contributed by atoms with Crippen LogP contribution in [0.1, 0.15) is 5.56 Å². The average Bonchev–Trinajstić information content (AvgIpc) is 3.06. The molecule has 0 radical (unpaired) electrons. The van der Waals surface area contributed by atoms with Gasteiger partial charge in [-0.05, 0) is 24.3 Å². The number of carbonyl (C=O) groups is 1. The maximum atomic E-state index is 12.6. The fourth-order valence-electron chi connectivity index (χ4n) is 1.78. The molecule has 0 aliphatic carbocycles. The predicted octanol–water partition coefficient (Wildman–Crippen LogP) is 1.92. The Kier molecular flexibility index (Phi) is 5.52. The number of nitrogens with one attached hydrogen (secondary N) is 2. The third kappa shape index (κ3) is 4.77. The second-order valence-corrected chi connectivity index (χ2v) is 4.92. The van der Waals surface area contributed by atoms with E-state index >= 15 is 0 Å². The number of amides is 1. The van der Waals surface area contributed by atoms with Crippen molar-refractivity contribution in [3.8, 4) is 11.3 Å². The summed E-state index contributed by atoms with van der Waals surface area (Å²) in [6.45, 7) is 0. The maximum Gasteiger partial charge on any atom is 0.416 e. The number of anilines is 1. The molecule has 8 nitrogen and oxygen atoms in total. The number of rotatable bonds is 5. The monoisotopic (exact) mass is 369 g/mol. The molecule has 1 aromatic carbocycles. The number of allylic oxidation sites excluding steroid dienone is 2. The predicted molar refractivity (Wildman–Crippen MR) is 85.0 cm³/mol. The SMILES string of the molecule is N/C(=C\C=C(/N)Nc1nc(-c2ccc(C(F)(F)F)cc2)co1)C(=O)NO. The van der Waals surface area contributed by atoms with Gasteiger partial charge in [0.2, 0.25) is 0 Å². The number of nitrogens with zero attached hydrogens (tertiary/aromatic N) is 1. The van der Waals surface area contributed by atoms with Crippen molar-refractivity contribution in [3.63, 3.8) is 0 Å². The molecule has 0 spiro atoms. The van der Waals surface area contributed by atoms with Gasteiger partial charge in [0.15, 0.2) is 0 Å². The van der Waals surface area contributed by atoms with E-state index in [0.717, 1.165) is 18.2 Å². The first-order valence-corrected chi connectivity index (χ1v) is 6.98. The molecule has 1 aromatic heterocycles. The topological polar surface area (TPSA) is 139 Å². The summed E-state index contributed by atoms with van der Waals surface area (Å²) < 4.78 is 42.8. The van der Waals surface area contributed by atoms with Gasteiger partial charge in [0.1, 0.15) is 17.8 Å². The van der Waals surface area contributed by atoms with Gasteiger partial charge < -0.3 is 15.9 Å². The molecule has 26 heavy (non-hydrogen) atoms. The summed E-state index contributed by atoms with van der Waals surface area (Å²) >= 11 is 0. The summed E-state index contributed by atoms with van der Waals surface area (Å²) in [6, 6.07) is 4.38. The Bertz CT molecular complexity index is 841. The van der Waals surface area contributed by atoms with Gasteiger partial charge in [-0.2, -0.15) is 18.2 Å². The Labute approximate surface area is 144 Å². The molecule has 0 atom stereocenters. The summed E-state index contributed by atoms with van der Waals surface area (Å²) in [5.74, 6) is -0.894.